The van der Waals surface area contributed by atoms with Crippen LogP contribution in [0.25, 0.3) is 0 Å². The molecule has 0 amide bonds. The first kappa shape index (κ1) is 16.9. The van der Waals surface area contributed by atoms with E-state index in [-0.39, 0.29) is 23.0 Å². The molecule has 1 aromatic carbocycles. The van der Waals surface area contributed by atoms with Gasteiger partial charge in [-0.25, -0.2) is 15.0 Å². The molecule has 0 aliphatic rings. The minimum atomic E-state index is -0.0726. The number of nitrogens with zero attached hydrogens (tertiary/aromatic N) is 6. The Morgan fingerprint density at radius 3 is 2.25 bits per heavy atom. The fraction of sp³-hybridized carbons (Fsp3) is 0.235. The Balaban J connectivity index is 2.28. The fourth-order valence-electron chi connectivity index (χ4n) is 2.18. The van der Waals surface area contributed by atoms with Gasteiger partial charge in [0.15, 0.2) is 23.0 Å². The minimum Gasteiger partial charge on any atom is -0.381 e. The monoisotopic (exact) mass is 319 g/mol. The van der Waals surface area contributed by atoms with Gasteiger partial charge < -0.3 is 10.6 Å². The van der Waals surface area contributed by atoms with Crippen LogP contribution in [0.4, 0.5) is 17.3 Å². The first-order valence-electron chi connectivity index (χ1n) is 7.49. The van der Waals surface area contributed by atoms with Gasteiger partial charge in [0.1, 0.15) is 12.1 Å². The van der Waals surface area contributed by atoms with E-state index in [2.05, 4.69) is 33.7 Å². The van der Waals surface area contributed by atoms with Crippen LogP contribution in [-0.4, -0.2) is 29.3 Å². The molecule has 0 bridgehead atoms. The van der Waals surface area contributed by atoms with Crippen molar-refractivity contribution in [2.75, 3.05) is 23.7 Å². The van der Waals surface area contributed by atoms with Gasteiger partial charge in [0.25, 0.3) is 0 Å². The molecule has 2 aromatic rings. The maximum atomic E-state index is 9.09. The molecule has 0 aliphatic carbocycles. The van der Waals surface area contributed by atoms with E-state index in [4.69, 9.17) is 16.3 Å². The molecule has 0 fully saturated rings. The lowest BCUT2D eigenvalue weighted by Gasteiger charge is -2.20. The van der Waals surface area contributed by atoms with Crippen LogP contribution < -0.4 is 10.6 Å². The first-order chi connectivity index (χ1) is 11.6. The molecule has 0 saturated carbocycles. The van der Waals surface area contributed by atoms with Crippen molar-refractivity contribution >= 4 is 23.5 Å². The highest BCUT2D eigenvalue weighted by atomic mass is 15.1. The van der Waals surface area contributed by atoms with E-state index in [9.17, 15) is 0 Å². The Morgan fingerprint density at radius 2 is 1.71 bits per heavy atom. The summed E-state index contributed by atoms with van der Waals surface area (Å²) < 4.78 is 0. The molecule has 0 aliphatic heterocycles. The molecule has 7 heteroatoms. The lowest BCUT2D eigenvalue weighted by molar-refractivity contribution is 0.866. The highest BCUT2D eigenvalue weighted by Crippen LogP contribution is 2.18. The number of anilines is 2. The average molecular weight is 319 g/mol. The zero-order valence-corrected chi connectivity index (χ0v) is 13.6. The van der Waals surface area contributed by atoms with Gasteiger partial charge in [-0.3, -0.25) is 0 Å². The molecular formula is C17H17N7. The summed E-state index contributed by atoms with van der Waals surface area (Å²) in [6.45, 7) is 6.09. The highest BCUT2D eigenvalue weighted by molar-refractivity contribution is 5.82. The summed E-state index contributed by atoms with van der Waals surface area (Å²) in [5.74, 6) is 0.00708. The summed E-state index contributed by atoms with van der Waals surface area (Å²) in [7, 11) is 0. The average Bonchev–Trinajstić information content (AvgIpc) is 2.62. The highest BCUT2D eigenvalue weighted by Gasteiger charge is 2.10. The topological polar surface area (TPSA) is 115 Å². The summed E-state index contributed by atoms with van der Waals surface area (Å²) in [6, 6.07) is 11.6. The second-order valence-electron chi connectivity index (χ2n) is 4.88. The molecule has 0 atom stereocenters. The molecular weight excluding hydrogens is 302 g/mol. The van der Waals surface area contributed by atoms with Gasteiger partial charge in [0, 0.05) is 25.0 Å². The van der Waals surface area contributed by atoms with Gasteiger partial charge in [-0.05, 0) is 31.5 Å². The van der Waals surface area contributed by atoms with Crippen LogP contribution in [0.2, 0.25) is 0 Å². The van der Waals surface area contributed by atoms with Crippen molar-refractivity contribution < 1.29 is 0 Å². The van der Waals surface area contributed by atoms with Gasteiger partial charge in [-0.2, -0.15) is 10.5 Å². The number of nitriles is 2. The van der Waals surface area contributed by atoms with Crippen LogP contribution >= 0.6 is 0 Å². The number of aliphatic imine (C=N–C) groups is 1. The predicted octanol–water partition coefficient (Wildman–Crippen LogP) is 2.40. The number of hydrogen-bond donors (Lipinski definition) is 1. The zero-order chi connectivity index (χ0) is 17.5. The van der Waals surface area contributed by atoms with Gasteiger partial charge >= 0.3 is 0 Å². The van der Waals surface area contributed by atoms with E-state index in [1.54, 1.807) is 6.21 Å². The molecule has 0 unspecified atom stereocenters. The molecule has 24 heavy (non-hydrogen) atoms. The second-order valence-corrected chi connectivity index (χ2v) is 4.88. The molecule has 7 nitrogen and oxygen atoms in total. The predicted molar refractivity (Wildman–Crippen MR) is 93.1 cm³/mol. The third-order valence-corrected chi connectivity index (χ3v) is 3.47. The molecule has 2 rings (SSSR count). The number of hydrogen-bond acceptors (Lipinski definition) is 7. The third-order valence-electron chi connectivity index (χ3n) is 3.47. The van der Waals surface area contributed by atoms with Crippen LogP contribution in [0.15, 0.2) is 29.3 Å². The smallest absolute Gasteiger partial charge is 0.190 e. The number of rotatable bonds is 5. The summed E-state index contributed by atoms with van der Waals surface area (Å²) in [4.78, 5) is 14.2. The quantitative estimate of drug-likeness (QED) is 0.846. The molecule has 120 valence electrons. The van der Waals surface area contributed by atoms with E-state index < -0.39 is 0 Å². The molecule has 0 radical (unpaired) electrons. The summed E-state index contributed by atoms with van der Waals surface area (Å²) in [5.41, 5.74) is 7.48. The van der Waals surface area contributed by atoms with E-state index in [0.29, 0.717) is 0 Å². The van der Waals surface area contributed by atoms with Crippen molar-refractivity contribution in [1.82, 2.24) is 9.97 Å². The number of nitrogen functional groups attached to an aromatic ring is 1. The normalized spacial score (nSPS) is 10.3. The Labute approximate surface area is 140 Å². The summed E-state index contributed by atoms with van der Waals surface area (Å²) >= 11 is 0. The molecule has 0 spiro atoms. The summed E-state index contributed by atoms with van der Waals surface area (Å²) in [6.07, 6.45) is 1.58. The zero-order valence-electron chi connectivity index (χ0n) is 13.6. The Morgan fingerprint density at radius 1 is 1.08 bits per heavy atom. The lowest BCUT2D eigenvalue weighted by Crippen LogP contribution is -2.21. The number of nitrogens with two attached hydrogens (primary N) is 1. The van der Waals surface area contributed by atoms with Gasteiger partial charge in [-0.15, -0.1) is 0 Å². The molecule has 1 heterocycles. The van der Waals surface area contributed by atoms with Crippen LogP contribution in [-0.2, 0) is 0 Å². The Kier molecular flexibility index (Phi) is 5.43. The first-order valence-corrected chi connectivity index (χ1v) is 7.49. The lowest BCUT2D eigenvalue weighted by atomic mass is 10.2. The van der Waals surface area contributed by atoms with Crippen molar-refractivity contribution in [3.8, 4) is 12.1 Å². The van der Waals surface area contributed by atoms with Gasteiger partial charge in [-0.1, -0.05) is 12.1 Å². The van der Waals surface area contributed by atoms with Crippen molar-refractivity contribution in [1.29, 1.82) is 10.5 Å². The minimum absolute atomic E-state index is 0.0116. The van der Waals surface area contributed by atoms with Crippen molar-refractivity contribution in [3.63, 3.8) is 0 Å². The molecule has 0 saturated heterocycles. The SMILES string of the molecule is CCN(CC)c1ccc(C=Nc2nc(C#N)c(N)nc2C#N)cc1. The second kappa shape index (κ2) is 7.70. The van der Waals surface area contributed by atoms with Crippen LogP contribution in [0.3, 0.4) is 0 Å². The van der Waals surface area contributed by atoms with Gasteiger partial charge in [0.05, 0.1) is 0 Å². The fourth-order valence-corrected chi connectivity index (χ4v) is 2.18. The van der Waals surface area contributed by atoms with Crippen LogP contribution in [0.1, 0.15) is 30.8 Å². The van der Waals surface area contributed by atoms with Crippen molar-refractivity contribution in [3.05, 3.63) is 41.2 Å². The molecule has 2 N–H and O–H groups in total. The van der Waals surface area contributed by atoms with Gasteiger partial charge in [0.2, 0.25) is 0 Å². The largest absolute Gasteiger partial charge is 0.381 e. The van der Waals surface area contributed by atoms with E-state index in [1.807, 2.05) is 36.4 Å². The van der Waals surface area contributed by atoms with E-state index in [0.717, 1.165) is 24.3 Å². The number of aromatic nitrogens is 2. The molecule has 1 aromatic heterocycles. The van der Waals surface area contributed by atoms with E-state index in [1.165, 1.54) is 0 Å². The van der Waals surface area contributed by atoms with Crippen molar-refractivity contribution in [2.24, 2.45) is 4.99 Å². The number of benzene rings is 1. The maximum Gasteiger partial charge on any atom is 0.190 e. The van der Waals surface area contributed by atoms with Crippen LogP contribution in [0, 0.1) is 22.7 Å². The summed E-state index contributed by atoms with van der Waals surface area (Å²) in [5, 5.41) is 18.0. The third kappa shape index (κ3) is 3.65. The maximum absolute atomic E-state index is 9.09. The van der Waals surface area contributed by atoms with Crippen molar-refractivity contribution in [2.45, 2.75) is 13.8 Å². The standard InChI is InChI=1S/C17H17N7/c1-3-24(4-2)13-7-5-12(6-8-13)11-21-17-15(10-19)22-16(20)14(9-18)23-17/h5-8,11H,3-4H2,1-2H3,(H2,20,22). The Hall–Kier alpha value is -3.45. The Bertz CT molecular complexity index is 822. The van der Waals surface area contributed by atoms with Crippen LogP contribution in [0.5, 0.6) is 0 Å². The van der Waals surface area contributed by atoms with E-state index >= 15 is 0 Å².